The second-order valence-corrected chi connectivity index (χ2v) is 12.4. The van der Waals surface area contributed by atoms with E-state index in [0.717, 1.165) is 62.6 Å². The van der Waals surface area contributed by atoms with Crippen molar-refractivity contribution in [1.82, 2.24) is 34.9 Å². The van der Waals surface area contributed by atoms with E-state index in [9.17, 15) is 13.8 Å². The van der Waals surface area contributed by atoms with E-state index in [-0.39, 0.29) is 22.1 Å². The van der Waals surface area contributed by atoms with Gasteiger partial charge in [0.25, 0.3) is 5.56 Å². The molecule has 4 aromatic rings. The SMILES string of the molecule is Cc1ccc(S(=O)c2n[nH]n3c2nc(=O)c2ccc(N4CCN(CC(=O)NCCN5CCCC5)CC4)cc23)c(C)c1. The number of piperazine rings is 1. The van der Waals surface area contributed by atoms with Gasteiger partial charge in [-0.15, -0.1) is 5.10 Å². The first-order chi connectivity index (χ1) is 19.9. The quantitative estimate of drug-likeness (QED) is 0.325. The number of aromatic amines is 1. The van der Waals surface area contributed by atoms with E-state index in [4.69, 9.17) is 0 Å². The fourth-order valence-corrected chi connectivity index (χ4v) is 6.99. The van der Waals surface area contributed by atoms with Crippen LogP contribution in [0, 0.1) is 13.8 Å². The minimum absolute atomic E-state index is 0.0749. The van der Waals surface area contributed by atoms with Gasteiger partial charge >= 0.3 is 0 Å². The Bertz CT molecular complexity index is 1670. The molecule has 11 nitrogen and oxygen atoms in total. The van der Waals surface area contributed by atoms with Gasteiger partial charge in [-0.1, -0.05) is 17.7 Å². The first-order valence-electron chi connectivity index (χ1n) is 14.2. The molecule has 2 saturated heterocycles. The third-order valence-electron chi connectivity index (χ3n) is 8.07. The summed E-state index contributed by atoms with van der Waals surface area (Å²) in [7, 11) is -1.60. The standard InChI is InChI=1S/C29H36N8O3S/c1-20-5-8-25(21(2)17-20)41(40)29-27-31-28(39)23-7-6-22(18-24(23)37(27)33-32-29)36-15-13-35(14-16-36)19-26(38)30-9-12-34-10-3-4-11-34/h5-8,17-18,33H,3-4,9-16,19H2,1-2H3,(H,30,38). The van der Waals surface area contributed by atoms with Crippen LogP contribution < -0.4 is 15.8 Å². The smallest absolute Gasteiger partial charge is 0.281 e. The molecule has 2 aromatic carbocycles. The van der Waals surface area contributed by atoms with Gasteiger partial charge in [-0.05, 0) is 69.6 Å². The molecule has 4 heterocycles. The number of likely N-dealkylation sites (tertiary alicyclic amines) is 1. The van der Waals surface area contributed by atoms with Crippen LogP contribution in [-0.2, 0) is 15.6 Å². The van der Waals surface area contributed by atoms with E-state index in [0.29, 0.717) is 28.9 Å². The van der Waals surface area contributed by atoms with Crippen molar-refractivity contribution < 1.29 is 9.00 Å². The molecular formula is C29H36N8O3S. The Morgan fingerprint density at radius 1 is 1.00 bits per heavy atom. The lowest BCUT2D eigenvalue weighted by atomic mass is 10.2. The van der Waals surface area contributed by atoms with E-state index in [2.05, 4.69) is 35.3 Å². The zero-order valence-electron chi connectivity index (χ0n) is 23.6. The molecule has 41 heavy (non-hydrogen) atoms. The Kier molecular flexibility index (Phi) is 7.87. The molecule has 2 aliphatic heterocycles. The molecule has 1 atom stereocenters. The average molecular weight is 577 g/mol. The number of aromatic nitrogens is 4. The first-order valence-corrected chi connectivity index (χ1v) is 15.4. The Morgan fingerprint density at radius 2 is 1.78 bits per heavy atom. The number of nitrogens with one attached hydrogen (secondary N) is 2. The molecule has 1 unspecified atom stereocenters. The van der Waals surface area contributed by atoms with Crippen molar-refractivity contribution in [3.63, 3.8) is 0 Å². The van der Waals surface area contributed by atoms with Crippen LogP contribution in [0.1, 0.15) is 24.0 Å². The van der Waals surface area contributed by atoms with Crippen molar-refractivity contribution in [1.29, 1.82) is 0 Å². The van der Waals surface area contributed by atoms with Crippen molar-refractivity contribution in [3.05, 3.63) is 57.9 Å². The summed E-state index contributed by atoms with van der Waals surface area (Å²) in [6.45, 7) is 11.3. The number of nitrogens with zero attached hydrogens (tertiary/aromatic N) is 6. The fourth-order valence-electron chi connectivity index (χ4n) is 5.81. The van der Waals surface area contributed by atoms with Crippen molar-refractivity contribution in [2.75, 3.05) is 63.8 Å². The van der Waals surface area contributed by atoms with Gasteiger partial charge < -0.3 is 15.1 Å². The Balaban J connectivity index is 1.15. The van der Waals surface area contributed by atoms with Crippen LogP contribution in [0.4, 0.5) is 5.69 Å². The summed E-state index contributed by atoms with van der Waals surface area (Å²) in [4.78, 5) is 37.1. The lowest BCUT2D eigenvalue weighted by Crippen LogP contribution is -2.50. The van der Waals surface area contributed by atoms with Crippen molar-refractivity contribution in [2.45, 2.75) is 36.6 Å². The number of aryl methyl sites for hydroxylation is 2. The molecule has 0 bridgehead atoms. The zero-order chi connectivity index (χ0) is 28.5. The van der Waals surface area contributed by atoms with E-state index in [1.54, 1.807) is 10.6 Å². The number of hydrogen-bond acceptors (Lipinski definition) is 8. The van der Waals surface area contributed by atoms with E-state index in [1.165, 1.54) is 12.8 Å². The highest BCUT2D eigenvalue weighted by Crippen LogP contribution is 2.25. The maximum Gasteiger partial charge on any atom is 0.281 e. The second kappa shape index (κ2) is 11.7. The van der Waals surface area contributed by atoms with Crippen molar-refractivity contribution >= 4 is 38.9 Å². The van der Waals surface area contributed by atoms with Crippen LogP contribution in [0.5, 0.6) is 0 Å². The summed E-state index contributed by atoms with van der Waals surface area (Å²) < 4.78 is 15.1. The fraction of sp³-hybridized carbons (Fsp3) is 0.448. The van der Waals surface area contributed by atoms with Crippen LogP contribution in [0.15, 0.2) is 51.1 Å². The molecule has 2 aromatic heterocycles. The van der Waals surface area contributed by atoms with Crippen LogP contribution in [0.25, 0.3) is 16.6 Å². The number of H-pyrrole nitrogens is 1. The van der Waals surface area contributed by atoms with Crippen molar-refractivity contribution in [2.24, 2.45) is 0 Å². The highest BCUT2D eigenvalue weighted by molar-refractivity contribution is 7.85. The number of anilines is 1. The summed E-state index contributed by atoms with van der Waals surface area (Å²) in [6.07, 6.45) is 2.51. The highest BCUT2D eigenvalue weighted by atomic mass is 32.2. The predicted octanol–water partition coefficient (Wildman–Crippen LogP) is 1.69. The predicted molar refractivity (Wildman–Crippen MR) is 159 cm³/mol. The monoisotopic (exact) mass is 576 g/mol. The van der Waals surface area contributed by atoms with Gasteiger partial charge in [-0.2, -0.15) is 4.98 Å². The third-order valence-corrected chi connectivity index (χ3v) is 9.56. The zero-order valence-corrected chi connectivity index (χ0v) is 24.4. The van der Waals surface area contributed by atoms with Gasteiger partial charge in [-0.25, -0.2) is 13.9 Å². The highest BCUT2D eigenvalue weighted by Gasteiger charge is 2.23. The molecular weight excluding hydrogens is 540 g/mol. The van der Waals surface area contributed by atoms with Crippen LogP contribution in [-0.4, -0.2) is 98.6 Å². The molecule has 0 radical (unpaired) electrons. The molecule has 1 amide bonds. The topological polar surface area (TPSA) is 119 Å². The third kappa shape index (κ3) is 5.77. The van der Waals surface area contributed by atoms with Crippen molar-refractivity contribution in [3.8, 4) is 0 Å². The number of rotatable bonds is 8. The van der Waals surface area contributed by atoms with E-state index >= 15 is 0 Å². The summed E-state index contributed by atoms with van der Waals surface area (Å²) in [6, 6.07) is 11.4. The molecule has 0 aliphatic carbocycles. The number of benzene rings is 2. The van der Waals surface area contributed by atoms with Gasteiger partial charge in [0.15, 0.2) is 10.7 Å². The summed E-state index contributed by atoms with van der Waals surface area (Å²) >= 11 is 0. The number of fused-ring (bicyclic) bond motifs is 3. The largest absolute Gasteiger partial charge is 0.369 e. The van der Waals surface area contributed by atoms with Crippen LogP contribution in [0.3, 0.4) is 0 Å². The minimum atomic E-state index is -1.60. The Labute approximate surface area is 241 Å². The number of carbonyl (C=O) groups is 1. The molecule has 2 N–H and O–H groups in total. The maximum atomic E-state index is 13.5. The summed E-state index contributed by atoms with van der Waals surface area (Å²) in [5.74, 6) is 0.0749. The number of amides is 1. The van der Waals surface area contributed by atoms with Gasteiger partial charge in [-0.3, -0.25) is 14.5 Å². The molecule has 6 rings (SSSR count). The molecule has 0 spiro atoms. The average Bonchev–Trinajstić information content (AvgIpc) is 3.63. The Morgan fingerprint density at radius 3 is 2.54 bits per heavy atom. The first kappa shape index (κ1) is 27.6. The van der Waals surface area contributed by atoms with Crippen LogP contribution >= 0.6 is 0 Å². The molecule has 0 saturated carbocycles. The Hall–Kier alpha value is -3.61. The lowest BCUT2D eigenvalue weighted by Gasteiger charge is -2.35. The normalized spacial score (nSPS) is 17.5. The maximum absolute atomic E-state index is 13.5. The van der Waals surface area contributed by atoms with E-state index < -0.39 is 10.8 Å². The van der Waals surface area contributed by atoms with Gasteiger partial charge in [0.1, 0.15) is 10.8 Å². The number of hydrogen-bond donors (Lipinski definition) is 2. The number of carbonyl (C=O) groups excluding carboxylic acids is 1. The lowest BCUT2D eigenvalue weighted by molar-refractivity contribution is -0.122. The molecule has 216 valence electrons. The van der Waals surface area contributed by atoms with Crippen LogP contribution in [0.2, 0.25) is 0 Å². The molecule has 12 heteroatoms. The van der Waals surface area contributed by atoms with Gasteiger partial charge in [0, 0.05) is 49.9 Å². The van der Waals surface area contributed by atoms with E-state index in [1.807, 2.05) is 44.2 Å². The van der Waals surface area contributed by atoms with Gasteiger partial charge in [0.05, 0.1) is 17.4 Å². The molecule has 2 fully saturated rings. The summed E-state index contributed by atoms with van der Waals surface area (Å²) in [5, 5.41) is 11.0. The second-order valence-electron chi connectivity index (χ2n) is 11.0. The molecule has 2 aliphatic rings. The minimum Gasteiger partial charge on any atom is -0.369 e. The summed E-state index contributed by atoms with van der Waals surface area (Å²) in [5.41, 5.74) is 3.46. The van der Waals surface area contributed by atoms with Gasteiger partial charge in [0.2, 0.25) is 5.91 Å².